The van der Waals surface area contributed by atoms with Crippen LogP contribution in [0.3, 0.4) is 0 Å². The van der Waals surface area contributed by atoms with Crippen molar-refractivity contribution in [2.45, 2.75) is 37.9 Å². The predicted octanol–water partition coefficient (Wildman–Crippen LogP) is 2.87. The molecule has 1 heterocycles. The Kier molecular flexibility index (Phi) is 3.88. The van der Waals surface area contributed by atoms with Gasteiger partial charge in [-0.1, -0.05) is 26.2 Å². The van der Waals surface area contributed by atoms with E-state index in [1.165, 1.54) is 25.7 Å². The molecular formula is C8H14NS. The number of nitrogens with zero attached hydrogens (tertiary/aromatic N) is 1. The molecule has 0 aromatic rings. The van der Waals surface area contributed by atoms with Crippen LogP contribution in [0.15, 0.2) is 4.99 Å². The molecular weight excluding hydrogens is 142 g/mol. The minimum atomic E-state index is 0.687. The van der Waals surface area contributed by atoms with Crippen molar-refractivity contribution in [3.05, 3.63) is 6.54 Å². The molecule has 1 radical (unpaired) electrons. The van der Waals surface area contributed by atoms with E-state index in [1.807, 2.05) is 17.3 Å². The Morgan fingerprint density at radius 3 is 3.00 bits per heavy atom. The van der Waals surface area contributed by atoms with Gasteiger partial charge in [0.25, 0.3) is 0 Å². The number of unbranched alkanes of at least 4 members (excludes halogenated alkanes) is 2. The first kappa shape index (κ1) is 8.12. The first-order valence-electron chi connectivity index (χ1n) is 3.94. The summed E-state index contributed by atoms with van der Waals surface area (Å²) in [4.78, 5) is 4.06. The lowest BCUT2D eigenvalue weighted by molar-refractivity contribution is 0.671. The van der Waals surface area contributed by atoms with Crippen molar-refractivity contribution >= 4 is 17.3 Å². The zero-order valence-electron chi connectivity index (χ0n) is 6.42. The topological polar surface area (TPSA) is 12.4 Å². The highest BCUT2D eigenvalue weighted by Gasteiger charge is 2.10. The summed E-state index contributed by atoms with van der Waals surface area (Å²) in [5.41, 5.74) is 1.94. The number of aliphatic imine (C=N–C) groups is 1. The van der Waals surface area contributed by atoms with Crippen LogP contribution in [0, 0.1) is 6.54 Å². The smallest absolute Gasteiger partial charge is 0.0862 e. The van der Waals surface area contributed by atoms with E-state index >= 15 is 0 Å². The second kappa shape index (κ2) is 4.78. The zero-order chi connectivity index (χ0) is 7.23. The zero-order valence-corrected chi connectivity index (χ0v) is 7.23. The second-order valence-electron chi connectivity index (χ2n) is 2.57. The molecule has 0 saturated carbocycles. The Morgan fingerprint density at radius 1 is 1.50 bits per heavy atom. The molecule has 1 aliphatic rings. The molecule has 10 heavy (non-hydrogen) atoms. The fraction of sp³-hybridized carbons (Fsp3) is 0.750. The molecule has 2 heteroatoms. The van der Waals surface area contributed by atoms with Crippen molar-refractivity contribution in [2.24, 2.45) is 4.99 Å². The first-order chi connectivity index (χ1) is 4.93. The Morgan fingerprint density at radius 2 is 2.40 bits per heavy atom. The minimum Gasteiger partial charge on any atom is -0.280 e. The summed E-state index contributed by atoms with van der Waals surface area (Å²) in [6.07, 6.45) is 5.34. The quantitative estimate of drug-likeness (QED) is 0.570. The standard InChI is InChI=1S/C8H14NS/c1-2-3-4-5-8-6-9-7-10-8/h6-8H,2-5H2,1H3. The molecule has 1 aliphatic heterocycles. The SMILES string of the molecule is CCCCCC1[CH]N=CS1. The van der Waals surface area contributed by atoms with E-state index in [9.17, 15) is 0 Å². The van der Waals surface area contributed by atoms with Crippen LogP contribution in [-0.2, 0) is 0 Å². The number of thioether (sulfide) groups is 1. The Hall–Kier alpha value is 0.0200. The summed E-state index contributed by atoms with van der Waals surface area (Å²) in [7, 11) is 0. The summed E-state index contributed by atoms with van der Waals surface area (Å²) < 4.78 is 0. The highest BCUT2D eigenvalue weighted by Crippen LogP contribution is 2.23. The van der Waals surface area contributed by atoms with Gasteiger partial charge in [-0.2, -0.15) is 0 Å². The Labute approximate surface area is 67.3 Å². The van der Waals surface area contributed by atoms with Crippen LogP contribution in [0.4, 0.5) is 0 Å². The molecule has 0 amide bonds. The van der Waals surface area contributed by atoms with Gasteiger partial charge < -0.3 is 0 Å². The largest absolute Gasteiger partial charge is 0.280 e. The number of rotatable bonds is 4. The summed E-state index contributed by atoms with van der Waals surface area (Å²) in [6, 6.07) is 0. The van der Waals surface area contributed by atoms with Crippen LogP contribution >= 0.6 is 11.8 Å². The van der Waals surface area contributed by atoms with Crippen molar-refractivity contribution < 1.29 is 0 Å². The molecule has 1 nitrogen and oxygen atoms in total. The van der Waals surface area contributed by atoms with Gasteiger partial charge in [0, 0.05) is 5.25 Å². The van der Waals surface area contributed by atoms with Crippen LogP contribution in [0.25, 0.3) is 0 Å². The van der Waals surface area contributed by atoms with Crippen LogP contribution in [0.2, 0.25) is 0 Å². The van der Waals surface area contributed by atoms with Gasteiger partial charge in [0.2, 0.25) is 0 Å². The van der Waals surface area contributed by atoms with Gasteiger partial charge in [-0.25, -0.2) is 0 Å². The third-order valence-corrected chi connectivity index (χ3v) is 2.59. The van der Waals surface area contributed by atoms with E-state index in [1.54, 1.807) is 0 Å². The molecule has 57 valence electrons. The third kappa shape index (κ3) is 2.74. The van der Waals surface area contributed by atoms with Gasteiger partial charge in [0.05, 0.1) is 12.1 Å². The predicted molar refractivity (Wildman–Crippen MR) is 48.3 cm³/mol. The second-order valence-corrected chi connectivity index (χ2v) is 3.66. The van der Waals surface area contributed by atoms with Crippen LogP contribution in [0.1, 0.15) is 32.6 Å². The van der Waals surface area contributed by atoms with Crippen molar-refractivity contribution in [1.82, 2.24) is 0 Å². The minimum absolute atomic E-state index is 0.687. The highest BCUT2D eigenvalue weighted by atomic mass is 32.2. The van der Waals surface area contributed by atoms with E-state index in [0.717, 1.165) is 0 Å². The normalized spacial score (nSPS) is 23.9. The lowest BCUT2D eigenvalue weighted by atomic mass is 10.1. The van der Waals surface area contributed by atoms with Gasteiger partial charge in [0.1, 0.15) is 0 Å². The maximum Gasteiger partial charge on any atom is 0.0862 e. The van der Waals surface area contributed by atoms with E-state index < -0.39 is 0 Å². The average Bonchev–Trinajstić information content (AvgIpc) is 2.41. The average molecular weight is 156 g/mol. The van der Waals surface area contributed by atoms with Gasteiger partial charge in [0.15, 0.2) is 0 Å². The maximum atomic E-state index is 4.06. The van der Waals surface area contributed by atoms with E-state index in [-0.39, 0.29) is 0 Å². The molecule has 0 saturated heterocycles. The van der Waals surface area contributed by atoms with E-state index in [4.69, 9.17) is 0 Å². The van der Waals surface area contributed by atoms with E-state index in [0.29, 0.717) is 5.25 Å². The Balaban J connectivity index is 1.93. The fourth-order valence-electron chi connectivity index (χ4n) is 1.02. The first-order valence-corrected chi connectivity index (χ1v) is 4.88. The fourth-order valence-corrected chi connectivity index (χ4v) is 1.76. The molecule has 0 aromatic carbocycles. The van der Waals surface area contributed by atoms with Crippen LogP contribution in [0.5, 0.6) is 0 Å². The monoisotopic (exact) mass is 156 g/mol. The van der Waals surface area contributed by atoms with Crippen LogP contribution < -0.4 is 0 Å². The molecule has 0 aliphatic carbocycles. The van der Waals surface area contributed by atoms with Gasteiger partial charge in [-0.15, -0.1) is 11.8 Å². The highest BCUT2D eigenvalue weighted by molar-refractivity contribution is 8.13. The molecule has 0 aromatic heterocycles. The number of hydrogen-bond donors (Lipinski definition) is 0. The van der Waals surface area contributed by atoms with E-state index in [2.05, 4.69) is 18.5 Å². The van der Waals surface area contributed by atoms with Gasteiger partial charge in [-0.05, 0) is 6.42 Å². The molecule has 1 rings (SSSR count). The molecule has 0 bridgehead atoms. The third-order valence-electron chi connectivity index (χ3n) is 1.64. The van der Waals surface area contributed by atoms with Crippen molar-refractivity contribution in [1.29, 1.82) is 0 Å². The van der Waals surface area contributed by atoms with Crippen molar-refractivity contribution in [3.63, 3.8) is 0 Å². The molecule has 1 atom stereocenters. The molecule has 1 unspecified atom stereocenters. The number of hydrogen-bond acceptors (Lipinski definition) is 2. The van der Waals surface area contributed by atoms with Crippen LogP contribution in [-0.4, -0.2) is 10.8 Å². The lowest BCUT2D eigenvalue weighted by Crippen LogP contribution is -1.96. The summed E-state index contributed by atoms with van der Waals surface area (Å²) in [6.45, 7) is 4.29. The summed E-state index contributed by atoms with van der Waals surface area (Å²) >= 11 is 1.85. The van der Waals surface area contributed by atoms with Gasteiger partial charge in [-0.3, -0.25) is 4.99 Å². The van der Waals surface area contributed by atoms with Crippen molar-refractivity contribution in [2.75, 3.05) is 0 Å². The maximum absolute atomic E-state index is 4.06. The van der Waals surface area contributed by atoms with Crippen molar-refractivity contribution in [3.8, 4) is 0 Å². The summed E-state index contributed by atoms with van der Waals surface area (Å²) in [5.74, 6) is 0. The molecule has 0 N–H and O–H groups in total. The van der Waals surface area contributed by atoms with Gasteiger partial charge >= 0.3 is 0 Å². The lowest BCUT2D eigenvalue weighted by Gasteiger charge is -2.03. The summed E-state index contributed by atoms with van der Waals surface area (Å²) in [5, 5.41) is 0.687. The Bertz CT molecular complexity index is 104. The molecule has 0 fully saturated rings. The molecule has 0 spiro atoms.